The number of aryl methyl sites for hydroxylation is 1. The summed E-state index contributed by atoms with van der Waals surface area (Å²) in [6.07, 6.45) is 4.80. The molecule has 1 amide bonds. The number of hydrogen-bond acceptors (Lipinski definition) is 6. The van der Waals surface area contributed by atoms with Crippen LogP contribution in [-0.2, 0) is 24.3 Å². The predicted molar refractivity (Wildman–Crippen MR) is 109 cm³/mol. The number of nitrogens with one attached hydrogen (secondary N) is 1. The minimum atomic E-state index is -0.0511. The van der Waals surface area contributed by atoms with Crippen molar-refractivity contribution in [3.8, 4) is 11.4 Å². The molecule has 0 aromatic carbocycles. The van der Waals surface area contributed by atoms with Gasteiger partial charge in [-0.25, -0.2) is 0 Å². The lowest BCUT2D eigenvalue weighted by atomic mass is 10.2. The molecule has 0 bridgehead atoms. The summed E-state index contributed by atoms with van der Waals surface area (Å²) in [7, 11) is 0. The highest BCUT2D eigenvalue weighted by molar-refractivity contribution is 7.99. The Kier molecular flexibility index (Phi) is 7.11. The number of amides is 1. The number of furan rings is 1. The average Bonchev–Trinajstić information content (AvgIpc) is 3.40. The third-order valence-electron chi connectivity index (χ3n) is 3.94. The number of aromatic nitrogens is 3. The molecule has 0 aliphatic rings. The van der Waals surface area contributed by atoms with Crippen molar-refractivity contribution < 1.29 is 9.21 Å². The van der Waals surface area contributed by atoms with E-state index in [1.165, 1.54) is 16.6 Å². The number of thioether (sulfide) groups is 1. The van der Waals surface area contributed by atoms with Crippen LogP contribution in [0.2, 0.25) is 0 Å². The van der Waals surface area contributed by atoms with Crippen molar-refractivity contribution in [2.24, 2.45) is 0 Å². The molecule has 0 atom stereocenters. The van der Waals surface area contributed by atoms with Crippen LogP contribution in [0.15, 0.2) is 39.4 Å². The molecule has 0 saturated heterocycles. The molecule has 0 radical (unpaired) electrons. The Morgan fingerprint density at radius 1 is 1.33 bits per heavy atom. The smallest absolute Gasteiger partial charge is 0.230 e. The highest BCUT2D eigenvalue weighted by atomic mass is 32.2. The normalized spacial score (nSPS) is 11.0. The van der Waals surface area contributed by atoms with E-state index in [0.717, 1.165) is 48.1 Å². The monoisotopic (exact) mass is 404 g/mol. The summed E-state index contributed by atoms with van der Waals surface area (Å²) in [4.78, 5) is 13.5. The third-order valence-corrected chi connectivity index (χ3v) is 5.91. The fourth-order valence-electron chi connectivity index (χ4n) is 2.69. The van der Waals surface area contributed by atoms with Gasteiger partial charge in [0.2, 0.25) is 5.91 Å². The molecule has 3 aromatic heterocycles. The van der Waals surface area contributed by atoms with E-state index >= 15 is 0 Å². The van der Waals surface area contributed by atoms with E-state index in [1.54, 1.807) is 23.7 Å². The van der Waals surface area contributed by atoms with Crippen LogP contribution in [0.25, 0.3) is 11.4 Å². The predicted octanol–water partition coefficient (Wildman–Crippen LogP) is 4.37. The van der Waals surface area contributed by atoms with Gasteiger partial charge in [-0.2, -0.15) is 0 Å². The molecule has 0 aliphatic heterocycles. The summed E-state index contributed by atoms with van der Waals surface area (Å²) in [5.41, 5.74) is 1.11. The van der Waals surface area contributed by atoms with Crippen molar-refractivity contribution in [3.05, 3.63) is 40.5 Å². The molecule has 3 rings (SSSR count). The number of carbonyl (C=O) groups excluding carboxylic acids is 1. The zero-order valence-electron chi connectivity index (χ0n) is 15.6. The lowest BCUT2D eigenvalue weighted by molar-refractivity contribution is -0.118. The van der Waals surface area contributed by atoms with E-state index in [4.69, 9.17) is 4.42 Å². The Bertz CT molecular complexity index is 855. The van der Waals surface area contributed by atoms with E-state index in [2.05, 4.69) is 45.4 Å². The van der Waals surface area contributed by atoms with Gasteiger partial charge < -0.3 is 14.3 Å². The van der Waals surface area contributed by atoms with Crippen molar-refractivity contribution in [2.75, 3.05) is 5.75 Å². The molecule has 0 saturated carbocycles. The maximum absolute atomic E-state index is 12.1. The molecule has 0 spiro atoms. The average molecular weight is 405 g/mol. The first kappa shape index (κ1) is 19.7. The molecular weight excluding hydrogens is 380 g/mol. The fourth-order valence-corrected chi connectivity index (χ4v) is 4.45. The standard InChI is InChI=1S/C19H24N4O2S2/c1-3-6-16-10-14(12-26-16)18-21-22-19(23(18)8-4-2)27-13-17(24)20-11-15-7-5-9-25-15/h5,7,9-10,12H,3-4,6,8,11,13H2,1-2H3,(H,20,24). The number of rotatable bonds is 10. The Morgan fingerprint density at radius 2 is 2.22 bits per heavy atom. The SMILES string of the molecule is CCCc1cc(-c2nnc(SCC(=O)NCc3ccco3)n2CCC)cs1. The highest BCUT2D eigenvalue weighted by Gasteiger charge is 2.16. The Balaban J connectivity index is 1.64. The number of carbonyl (C=O) groups is 1. The van der Waals surface area contributed by atoms with Gasteiger partial charge in [0.15, 0.2) is 11.0 Å². The summed E-state index contributed by atoms with van der Waals surface area (Å²) in [5, 5.41) is 14.5. The second-order valence-corrected chi connectivity index (χ2v) is 8.09. The summed E-state index contributed by atoms with van der Waals surface area (Å²) in [6.45, 7) is 5.54. The lowest BCUT2D eigenvalue weighted by Crippen LogP contribution is -2.24. The molecule has 1 N–H and O–H groups in total. The zero-order valence-corrected chi connectivity index (χ0v) is 17.2. The molecule has 6 nitrogen and oxygen atoms in total. The van der Waals surface area contributed by atoms with Crippen molar-refractivity contribution in [1.29, 1.82) is 0 Å². The van der Waals surface area contributed by atoms with Gasteiger partial charge in [-0.1, -0.05) is 32.0 Å². The van der Waals surface area contributed by atoms with Gasteiger partial charge in [-0.15, -0.1) is 21.5 Å². The zero-order chi connectivity index (χ0) is 19.1. The summed E-state index contributed by atoms with van der Waals surface area (Å²) >= 11 is 3.18. The van der Waals surface area contributed by atoms with Crippen LogP contribution < -0.4 is 5.32 Å². The van der Waals surface area contributed by atoms with Crippen LogP contribution in [0.4, 0.5) is 0 Å². The minimum absolute atomic E-state index is 0.0511. The first-order valence-corrected chi connectivity index (χ1v) is 11.0. The number of nitrogens with zero attached hydrogens (tertiary/aromatic N) is 3. The van der Waals surface area contributed by atoms with Crippen molar-refractivity contribution in [2.45, 2.75) is 51.4 Å². The third kappa shape index (κ3) is 5.23. The fraction of sp³-hybridized carbons (Fsp3) is 0.421. The highest BCUT2D eigenvalue weighted by Crippen LogP contribution is 2.28. The number of hydrogen-bond donors (Lipinski definition) is 1. The Morgan fingerprint density at radius 3 is 2.96 bits per heavy atom. The van der Waals surface area contributed by atoms with Gasteiger partial charge >= 0.3 is 0 Å². The van der Waals surface area contributed by atoms with Gasteiger partial charge in [-0.05, 0) is 31.0 Å². The van der Waals surface area contributed by atoms with Crippen LogP contribution in [0.3, 0.4) is 0 Å². The summed E-state index contributed by atoms with van der Waals surface area (Å²) in [5.74, 6) is 1.87. The molecule has 3 aromatic rings. The molecule has 0 fully saturated rings. The van der Waals surface area contributed by atoms with Crippen LogP contribution in [0, 0.1) is 0 Å². The van der Waals surface area contributed by atoms with E-state index < -0.39 is 0 Å². The van der Waals surface area contributed by atoms with E-state index in [-0.39, 0.29) is 5.91 Å². The molecular formula is C19H24N4O2S2. The molecule has 144 valence electrons. The largest absolute Gasteiger partial charge is 0.467 e. The van der Waals surface area contributed by atoms with E-state index in [1.807, 2.05) is 6.07 Å². The molecule has 0 aliphatic carbocycles. The van der Waals surface area contributed by atoms with Crippen LogP contribution in [0.1, 0.15) is 37.3 Å². The quantitative estimate of drug-likeness (QED) is 0.508. The lowest BCUT2D eigenvalue weighted by Gasteiger charge is -2.08. The van der Waals surface area contributed by atoms with E-state index in [0.29, 0.717) is 12.3 Å². The van der Waals surface area contributed by atoms with Gasteiger partial charge in [-0.3, -0.25) is 4.79 Å². The molecule has 8 heteroatoms. The van der Waals surface area contributed by atoms with E-state index in [9.17, 15) is 4.79 Å². The van der Waals surface area contributed by atoms with Gasteiger partial charge in [0.25, 0.3) is 0 Å². The molecule has 3 heterocycles. The first-order valence-electron chi connectivity index (χ1n) is 9.14. The maximum Gasteiger partial charge on any atom is 0.230 e. The van der Waals surface area contributed by atoms with Crippen molar-refractivity contribution >= 4 is 29.0 Å². The molecule has 0 unspecified atom stereocenters. The second kappa shape index (κ2) is 9.75. The van der Waals surface area contributed by atoms with Gasteiger partial charge in [0, 0.05) is 22.4 Å². The molecule has 27 heavy (non-hydrogen) atoms. The summed E-state index contributed by atoms with van der Waals surface area (Å²) < 4.78 is 7.34. The van der Waals surface area contributed by atoms with Gasteiger partial charge in [0.1, 0.15) is 5.76 Å². The van der Waals surface area contributed by atoms with Crippen LogP contribution in [0.5, 0.6) is 0 Å². The first-order chi connectivity index (χ1) is 13.2. The maximum atomic E-state index is 12.1. The second-order valence-electron chi connectivity index (χ2n) is 6.15. The van der Waals surface area contributed by atoms with Gasteiger partial charge in [0.05, 0.1) is 18.6 Å². The minimum Gasteiger partial charge on any atom is -0.467 e. The Labute approximate surface area is 167 Å². The van der Waals surface area contributed by atoms with Crippen molar-refractivity contribution in [3.63, 3.8) is 0 Å². The van der Waals surface area contributed by atoms with Crippen LogP contribution >= 0.6 is 23.1 Å². The van der Waals surface area contributed by atoms with Crippen molar-refractivity contribution in [1.82, 2.24) is 20.1 Å². The Hall–Kier alpha value is -2.06. The topological polar surface area (TPSA) is 73.0 Å². The number of thiophene rings is 1. The summed E-state index contributed by atoms with van der Waals surface area (Å²) in [6, 6.07) is 5.85. The van der Waals surface area contributed by atoms with Crippen LogP contribution in [-0.4, -0.2) is 26.4 Å².